The van der Waals surface area contributed by atoms with E-state index in [0.29, 0.717) is 35.2 Å². The fourth-order valence-corrected chi connectivity index (χ4v) is 2.48. The normalized spacial score (nSPS) is 10.8. The highest BCUT2D eigenvalue weighted by Gasteiger charge is 2.21. The fourth-order valence-electron chi connectivity index (χ4n) is 2.29. The smallest absolute Gasteiger partial charge is 0.274 e. The van der Waals surface area contributed by atoms with Gasteiger partial charge < -0.3 is 20.1 Å². The summed E-state index contributed by atoms with van der Waals surface area (Å²) in [5.74, 6) is 0.300. The number of aromatic amines is 1. The number of imidazole rings is 1. The van der Waals surface area contributed by atoms with Crippen molar-refractivity contribution in [1.29, 1.82) is 0 Å². The molecule has 0 aliphatic heterocycles. The SMILES string of the molecule is Cc1[nH]c(-c2cccc(Cl)c2)nc1C(=O)N(CCO)CCCO. The van der Waals surface area contributed by atoms with Crippen molar-refractivity contribution in [3.63, 3.8) is 0 Å². The molecule has 0 bridgehead atoms. The van der Waals surface area contributed by atoms with Gasteiger partial charge in [0.2, 0.25) is 0 Å². The number of aryl methyl sites for hydroxylation is 1. The molecule has 1 aromatic heterocycles. The van der Waals surface area contributed by atoms with Gasteiger partial charge >= 0.3 is 0 Å². The minimum atomic E-state index is -0.269. The fraction of sp³-hybridized carbons (Fsp3) is 0.375. The lowest BCUT2D eigenvalue weighted by atomic mass is 10.2. The van der Waals surface area contributed by atoms with Gasteiger partial charge in [0.05, 0.1) is 6.61 Å². The van der Waals surface area contributed by atoms with Gasteiger partial charge in [0.15, 0.2) is 0 Å². The van der Waals surface area contributed by atoms with Crippen LogP contribution in [-0.4, -0.2) is 57.3 Å². The van der Waals surface area contributed by atoms with E-state index < -0.39 is 0 Å². The molecule has 1 amide bonds. The van der Waals surface area contributed by atoms with Crippen LogP contribution >= 0.6 is 11.6 Å². The largest absolute Gasteiger partial charge is 0.396 e. The third-order valence-corrected chi connectivity index (χ3v) is 3.66. The molecule has 1 heterocycles. The molecule has 0 aliphatic carbocycles. The second-order valence-corrected chi connectivity index (χ2v) is 5.60. The number of aliphatic hydroxyl groups is 2. The number of carbonyl (C=O) groups excluding carboxylic acids is 1. The predicted molar refractivity (Wildman–Crippen MR) is 88.5 cm³/mol. The third-order valence-electron chi connectivity index (χ3n) is 3.43. The molecule has 0 atom stereocenters. The lowest BCUT2D eigenvalue weighted by Crippen LogP contribution is -2.35. The van der Waals surface area contributed by atoms with Crippen molar-refractivity contribution >= 4 is 17.5 Å². The Labute approximate surface area is 139 Å². The average molecular weight is 338 g/mol. The van der Waals surface area contributed by atoms with Crippen molar-refractivity contribution in [3.05, 3.63) is 40.7 Å². The predicted octanol–water partition coefficient (Wildman–Crippen LogP) is 1.86. The van der Waals surface area contributed by atoms with Gasteiger partial charge in [-0.1, -0.05) is 23.7 Å². The van der Waals surface area contributed by atoms with E-state index in [0.717, 1.165) is 5.56 Å². The molecule has 6 nitrogen and oxygen atoms in total. The second-order valence-electron chi connectivity index (χ2n) is 5.16. The van der Waals surface area contributed by atoms with E-state index in [1.165, 1.54) is 4.90 Å². The van der Waals surface area contributed by atoms with Gasteiger partial charge in [-0.2, -0.15) is 0 Å². The summed E-state index contributed by atoms with van der Waals surface area (Å²) < 4.78 is 0. The Morgan fingerprint density at radius 2 is 2.09 bits per heavy atom. The van der Waals surface area contributed by atoms with Crippen LogP contribution in [0.1, 0.15) is 22.6 Å². The van der Waals surface area contributed by atoms with Crippen LogP contribution in [0.3, 0.4) is 0 Å². The molecule has 7 heteroatoms. The molecule has 0 saturated heterocycles. The zero-order chi connectivity index (χ0) is 16.8. The molecular weight excluding hydrogens is 318 g/mol. The molecule has 0 unspecified atom stereocenters. The van der Waals surface area contributed by atoms with E-state index in [1.807, 2.05) is 12.1 Å². The Morgan fingerprint density at radius 1 is 1.30 bits per heavy atom. The summed E-state index contributed by atoms with van der Waals surface area (Å²) in [5.41, 5.74) is 1.76. The van der Waals surface area contributed by atoms with Gasteiger partial charge in [-0.15, -0.1) is 0 Å². The first-order chi connectivity index (χ1) is 11.1. The zero-order valence-corrected chi connectivity index (χ0v) is 13.7. The Hall–Kier alpha value is -1.89. The first kappa shape index (κ1) is 17.5. The molecule has 23 heavy (non-hydrogen) atoms. The van der Waals surface area contributed by atoms with E-state index in [2.05, 4.69) is 9.97 Å². The zero-order valence-electron chi connectivity index (χ0n) is 12.9. The van der Waals surface area contributed by atoms with E-state index in [9.17, 15) is 4.79 Å². The maximum atomic E-state index is 12.6. The van der Waals surface area contributed by atoms with Crippen LogP contribution < -0.4 is 0 Å². The second kappa shape index (κ2) is 8.10. The van der Waals surface area contributed by atoms with Crippen LogP contribution in [0.4, 0.5) is 0 Å². The monoisotopic (exact) mass is 337 g/mol. The maximum absolute atomic E-state index is 12.6. The summed E-state index contributed by atoms with van der Waals surface area (Å²) >= 11 is 5.98. The van der Waals surface area contributed by atoms with Gasteiger partial charge in [0.25, 0.3) is 5.91 Å². The molecular formula is C16H20ClN3O3. The van der Waals surface area contributed by atoms with Crippen LogP contribution in [0.2, 0.25) is 5.02 Å². The molecule has 0 aliphatic rings. The Morgan fingerprint density at radius 3 is 2.74 bits per heavy atom. The number of amides is 1. The minimum absolute atomic E-state index is 0.0114. The first-order valence-electron chi connectivity index (χ1n) is 7.40. The molecule has 0 radical (unpaired) electrons. The van der Waals surface area contributed by atoms with Crippen molar-refractivity contribution < 1.29 is 15.0 Å². The van der Waals surface area contributed by atoms with Crippen LogP contribution in [0.15, 0.2) is 24.3 Å². The molecule has 0 saturated carbocycles. The Bertz CT molecular complexity index is 672. The van der Waals surface area contributed by atoms with Gasteiger partial charge in [-0.3, -0.25) is 4.79 Å². The Balaban J connectivity index is 2.27. The van der Waals surface area contributed by atoms with E-state index in [1.54, 1.807) is 19.1 Å². The van der Waals surface area contributed by atoms with E-state index in [-0.39, 0.29) is 25.7 Å². The van der Waals surface area contributed by atoms with Gasteiger partial charge in [0.1, 0.15) is 11.5 Å². The number of halogens is 1. The summed E-state index contributed by atoms with van der Waals surface area (Å²) in [4.78, 5) is 21.6. The highest BCUT2D eigenvalue weighted by atomic mass is 35.5. The summed E-state index contributed by atoms with van der Waals surface area (Å²) in [6.07, 6.45) is 0.455. The summed E-state index contributed by atoms with van der Waals surface area (Å²) in [6.45, 7) is 2.20. The van der Waals surface area contributed by atoms with Crippen LogP contribution in [0.25, 0.3) is 11.4 Å². The number of benzene rings is 1. The van der Waals surface area contributed by atoms with Crippen molar-refractivity contribution in [3.8, 4) is 11.4 Å². The quantitative estimate of drug-likeness (QED) is 0.719. The maximum Gasteiger partial charge on any atom is 0.274 e. The molecule has 2 aromatic rings. The molecule has 0 spiro atoms. The number of aromatic nitrogens is 2. The summed E-state index contributed by atoms with van der Waals surface area (Å²) in [5, 5.41) is 18.6. The van der Waals surface area contributed by atoms with Gasteiger partial charge in [-0.05, 0) is 25.5 Å². The molecule has 1 aromatic carbocycles. The first-order valence-corrected chi connectivity index (χ1v) is 7.78. The van der Waals surface area contributed by atoms with Crippen molar-refractivity contribution in [2.24, 2.45) is 0 Å². The highest BCUT2D eigenvalue weighted by molar-refractivity contribution is 6.30. The van der Waals surface area contributed by atoms with E-state index in [4.69, 9.17) is 21.8 Å². The van der Waals surface area contributed by atoms with Crippen molar-refractivity contribution in [2.75, 3.05) is 26.3 Å². The minimum Gasteiger partial charge on any atom is -0.396 e. The Kier molecular flexibility index (Phi) is 6.15. The van der Waals surface area contributed by atoms with Gasteiger partial charge in [-0.25, -0.2) is 4.98 Å². The number of hydrogen-bond acceptors (Lipinski definition) is 4. The molecule has 124 valence electrons. The lowest BCUT2D eigenvalue weighted by molar-refractivity contribution is 0.0704. The van der Waals surface area contributed by atoms with Crippen molar-refractivity contribution in [2.45, 2.75) is 13.3 Å². The molecule has 0 fully saturated rings. The van der Waals surface area contributed by atoms with Crippen LogP contribution in [-0.2, 0) is 0 Å². The number of carbonyl (C=O) groups is 1. The topological polar surface area (TPSA) is 89.5 Å². The van der Waals surface area contributed by atoms with E-state index >= 15 is 0 Å². The number of H-pyrrole nitrogens is 1. The summed E-state index contributed by atoms with van der Waals surface area (Å²) in [6, 6.07) is 7.21. The average Bonchev–Trinajstić information content (AvgIpc) is 2.92. The number of aliphatic hydroxyl groups excluding tert-OH is 2. The molecule has 2 rings (SSSR count). The van der Waals surface area contributed by atoms with Crippen molar-refractivity contribution in [1.82, 2.24) is 14.9 Å². The van der Waals surface area contributed by atoms with Gasteiger partial charge in [0, 0.05) is 36.0 Å². The number of nitrogens with one attached hydrogen (secondary N) is 1. The molecule has 3 N–H and O–H groups in total. The number of hydrogen-bond donors (Lipinski definition) is 3. The van der Waals surface area contributed by atoms with Crippen LogP contribution in [0, 0.1) is 6.92 Å². The number of nitrogens with zero attached hydrogens (tertiary/aromatic N) is 2. The van der Waals surface area contributed by atoms with Crippen LogP contribution in [0.5, 0.6) is 0 Å². The number of rotatable bonds is 7. The summed E-state index contributed by atoms with van der Waals surface area (Å²) in [7, 11) is 0. The third kappa shape index (κ3) is 4.31. The lowest BCUT2D eigenvalue weighted by Gasteiger charge is -2.20. The highest BCUT2D eigenvalue weighted by Crippen LogP contribution is 2.22. The standard InChI is InChI=1S/C16H20ClN3O3/c1-11-14(16(23)20(7-9-22)6-3-8-21)19-15(18-11)12-4-2-5-13(17)10-12/h2,4-5,10,21-22H,3,6-9H2,1H3,(H,18,19).